The highest BCUT2D eigenvalue weighted by atomic mass is 32.4. The molecule has 1 rings (SSSR count). The van der Waals surface area contributed by atoms with Gasteiger partial charge in [0.25, 0.3) is 0 Å². The summed E-state index contributed by atoms with van der Waals surface area (Å²) in [7, 11) is -0.979. The van der Waals surface area contributed by atoms with E-state index in [1.165, 1.54) is 57.1 Å². The van der Waals surface area contributed by atoms with E-state index in [2.05, 4.69) is 37.8 Å². The molecule has 1 nitrogen and oxygen atoms in total. The lowest BCUT2D eigenvalue weighted by Crippen LogP contribution is -2.21. The van der Waals surface area contributed by atoms with Gasteiger partial charge in [0.2, 0.25) is 0 Å². The fourth-order valence-corrected chi connectivity index (χ4v) is 7.67. The van der Waals surface area contributed by atoms with Crippen LogP contribution in [0, 0.1) is 0 Å². The Morgan fingerprint density at radius 2 is 2.00 bits per heavy atom. The third-order valence-electron chi connectivity index (χ3n) is 3.32. The average Bonchev–Trinajstić information content (AvgIpc) is 2.47. The molecule has 0 radical (unpaired) electrons. The van der Waals surface area contributed by atoms with Crippen molar-refractivity contribution in [1.82, 2.24) is 0 Å². The monoisotopic (exact) mass is 285 g/mol. The average molecular weight is 286 g/mol. The molecular formula is C15H31NSSi. The van der Waals surface area contributed by atoms with Gasteiger partial charge in [-0.3, -0.25) is 4.99 Å². The molecule has 0 amide bonds. The van der Waals surface area contributed by atoms with Crippen molar-refractivity contribution in [3.63, 3.8) is 0 Å². The van der Waals surface area contributed by atoms with Crippen LogP contribution in [0.15, 0.2) is 4.99 Å². The van der Waals surface area contributed by atoms with Crippen LogP contribution in [0.1, 0.15) is 58.3 Å². The first kappa shape index (κ1) is 16.3. The van der Waals surface area contributed by atoms with Crippen LogP contribution in [0.25, 0.3) is 0 Å². The fraction of sp³-hybridized carbons (Fsp3) is 0.933. The van der Waals surface area contributed by atoms with Crippen LogP contribution < -0.4 is 0 Å². The smallest absolute Gasteiger partial charge is 0.108 e. The van der Waals surface area contributed by atoms with E-state index in [1.807, 2.05) is 0 Å². The number of hydrogen-bond acceptors (Lipinski definition) is 2. The molecule has 1 unspecified atom stereocenters. The van der Waals surface area contributed by atoms with Crippen molar-refractivity contribution in [2.45, 2.75) is 83.2 Å². The molecule has 0 N–H and O–H groups in total. The van der Waals surface area contributed by atoms with Crippen LogP contribution in [0.5, 0.6) is 0 Å². The fourth-order valence-electron chi connectivity index (χ4n) is 2.51. The Morgan fingerprint density at radius 3 is 2.67 bits per heavy atom. The predicted molar refractivity (Wildman–Crippen MR) is 89.6 cm³/mol. The maximum atomic E-state index is 4.88. The van der Waals surface area contributed by atoms with Crippen molar-refractivity contribution in [1.29, 1.82) is 0 Å². The Bertz CT molecular complexity index is 258. The molecule has 0 aromatic heterocycles. The summed E-state index contributed by atoms with van der Waals surface area (Å²) < 4.78 is 0. The van der Waals surface area contributed by atoms with Crippen molar-refractivity contribution in [3.8, 4) is 0 Å². The van der Waals surface area contributed by atoms with Crippen molar-refractivity contribution in [3.05, 3.63) is 0 Å². The highest BCUT2D eigenvalue weighted by Gasteiger charge is 2.23. The van der Waals surface area contributed by atoms with Gasteiger partial charge in [-0.05, 0) is 32.1 Å². The molecule has 0 aromatic rings. The Balaban J connectivity index is 2.43. The molecule has 106 valence electrons. The Kier molecular flexibility index (Phi) is 7.62. The van der Waals surface area contributed by atoms with Gasteiger partial charge in [0.1, 0.15) is 7.22 Å². The summed E-state index contributed by atoms with van der Waals surface area (Å²) >= 11 is 2.30. The Morgan fingerprint density at radius 1 is 1.22 bits per heavy atom. The number of hydrogen-bond donors (Lipinski definition) is 0. The first-order valence-corrected chi connectivity index (χ1v) is 12.8. The van der Waals surface area contributed by atoms with Gasteiger partial charge < -0.3 is 0 Å². The van der Waals surface area contributed by atoms with Gasteiger partial charge in [0.15, 0.2) is 0 Å². The molecule has 0 spiro atoms. The first-order chi connectivity index (χ1) is 8.51. The molecule has 3 heteroatoms. The molecule has 0 aliphatic heterocycles. The molecule has 1 aliphatic rings. The highest BCUT2D eigenvalue weighted by molar-refractivity contribution is 8.29. The van der Waals surface area contributed by atoms with E-state index in [4.69, 9.17) is 4.99 Å². The van der Waals surface area contributed by atoms with Crippen LogP contribution in [-0.2, 0) is 0 Å². The molecule has 1 atom stereocenters. The summed E-state index contributed by atoms with van der Waals surface area (Å²) in [6.07, 6.45) is 10.7. The number of rotatable bonds is 6. The summed E-state index contributed by atoms with van der Waals surface area (Å²) in [5, 5.41) is 0.865. The predicted octanol–water partition coefficient (Wildman–Crippen LogP) is 5.52. The number of aliphatic imine (C=N–C) groups is 1. The van der Waals surface area contributed by atoms with Gasteiger partial charge in [-0.15, -0.1) is 0 Å². The summed E-state index contributed by atoms with van der Waals surface area (Å²) in [5.74, 6) is 0. The van der Waals surface area contributed by atoms with E-state index in [-0.39, 0.29) is 0 Å². The minimum atomic E-state index is -0.979. The quantitative estimate of drug-likeness (QED) is 0.356. The second-order valence-electron chi connectivity index (χ2n) is 6.46. The van der Waals surface area contributed by atoms with E-state index in [9.17, 15) is 0 Å². The topological polar surface area (TPSA) is 12.4 Å². The van der Waals surface area contributed by atoms with Gasteiger partial charge in [-0.25, -0.2) is 0 Å². The van der Waals surface area contributed by atoms with Crippen molar-refractivity contribution < 1.29 is 0 Å². The third-order valence-corrected chi connectivity index (χ3v) is 7.89. The highest BCUT2D eigenvalue weighted by Crippen LogP contribution is 2.32. The van der Waals surface area contributed by atoms with Gasteiger partial charge in [-0.2, -0.15) is 11.2 Å². The Labute approximate surface area is 119 Å². The van der Waals surface area contributed by atoms with Gasteiger partial charge in [-0.1, -0.05) is 45.8 Å². The van der Waals surface area contributed by atoms with Gasteiger partial charge in [0, 0.05) is 17.5 Å². The molecule has 0 saturated heterocycles. The first-order valence-electron chi connectivity index (χ1n) is 7.71. The van der Waals surface area contributed by atoms with Gasteiger partial charge >= 0.3 is 0 Å². The molecule has 1 fully saturated rings. The molecule has 18 heavy (non-hydrogen) atoms. The summed E-state index contributed by atoms with van der Waals surface area (Å²) in [6.45, 7) is 10.8. The largest absolute Gasteiger partial charge is 0.294 e. The normalized spacial score (nSPS) is 24.2. The lowest BCUT2D eigenvalue weighted by Gasteiger charge is -2.23. The van der Waals surface area contributed by atoms with E-state index in [0.717, 1.165) is 11.8 Å². The zero-order valence-corrected chi connectivity index (χ0v) is 14.6. The second-order valence-corrected chi connectivity index (χ2v) is 16.0. The van der Waals surface area contributed by atoms with Crippen LogP contribution in [0.4, 0.5) is 0 Å². The van der Waals surface area contributed by atoms with E-state index in [1.54, 1.807) is 0 Å². The van der Waals surface area contributed by atoms with Crippen molar-refractivity contribution in [2.24, 2.45) is 4.99 Å². The standard InChI is InChI=1S/C15H31NSSi/c1-5-6-9-12-16-14-10-7-8-11-15(13-14)17-18(2,3)4/h15H,5-13H2,1-4H3. The summed E-state index contributed by atoms with van der Waals surface area (Å²) in [6, 6.07) is 0. The minimum Gasteiger partial charge on any atom is -0.294 e. The lowest BCUT2D eigenvalue weighted by molar-refractivity contribution is 0.714. The maximum absolute atomic E-state index is 4.88. The maximum Gasteiger partial charge on any atom is 0.108 e. The van der Waals surface area contributed by atoms with Crippen molar-refractivity contribution in [2.75, 3.05) is 6.54 Å². The molecule has 0 aromatic carbocycles. The second kappa shape index (κ2) is 8.42. The minimum absolute atomic E-state index is 0.865. The SMILES string of the molecule is CCCCCN=C1CCCCC(S[Si](C)(C)C)C1. The van der Waals surface area contributed by atoms with Crippen LogP contribution >= 0.6 is 11.2 Å². The van der Waals surface area contributed by atoms with Crippen LogP contribution in [0.3, 0.4) is 0 Å². The summed E-state index contributed by atoms with van der Waals surface area (Å²) in [4.78, 5) is 4.88. The van der Waals surface area contributed by atoms with Crippen LogP contribution in [0.2, 0.25) is 19.6 Å². The summed E-state index contributed by atoms with van der Waals surface area (Å²) in [5.41, 5.74) is 1.53. The molecular weight excluding hydrogens is 254 g/mol. The van der Waals surface area contributed by atoms with Gasteiger partial charge in [0.05, 0.1) is 0 Å². The van der Waals surface area contributed by atoms with E-state index in [0.29, 0.717) is 0 Å². The molecule has 0 bridgehead atoms. The molecule has 0 heterocycles. The zero-order chi connectivity index (χ0) is 13.4. The molecule has 1 saturated carbocycles. The Hall–Kier alpha value is 0.237. The molecule has 1 aliphatic carbocycles. The number of unbranched alkanes of at least 4 members (excludes halogenated alkanes) is 2. The van der Waals surface area contributed by atoms with E-state index >= 15 is 0 Å². The van der Waals surface area contributed by atoms with E-state index < -0.39 is 7.22 Å². The number of nitrogens with zero attached hydrogens (tertiary/aromatic N) is 1. The van der Waals surface area contributed by atoms with Crippen molar-refractivity contribution >= 4 is 24.1 Å². The zero-order valence-electron chi connectivity index (χ0n) is 12.8. The lowest BCUT2D eigenvalue weighted by atomic mass is 10.1. The third kappa shape index (κ3) is 7.62. The van der Waals surface area contributed by atoms with Crippen LogP contribution in [-0.4, -0.2) is 24.7 Å².